The SMILES string of the molecule is Cc1cc([N+](=O)[O-])cnc1NCC[S@](=O)c1ccccc1. The first-order valence-corrected chi connectivity index (χ1v) is 7.68. The number of anilines is 1. The van der Waals surface area contributed by atoms with E-state index in [2.05, 4.69) is 10.3 Å². The van der Waals surface area contributed by atoms with Crippen LogP contribution in [0.5, 0.6) is 0 Å². The summed E-state index contributed by atoms with van der Waals surface area (Å²) in [5.74, 6) is 1.02. The molecule has 0 unspecified atom stereocenters. The number of nitrogens with zero attached hydrogens (tertiary/aromatic N) is 2. The molecule has 1 aromatic heterocycles. The van der Waals surface area contributed by atoms with E-state index in [-0.39, 0.29) is 5.69 Å². The molecule has 0 spiro atoms. The van der Waals surface area contributed by atoms with Crippen LogP contribution < -0.4 is 5.32 Å². The largest absolute Gasteiger partial charge is 0.369 e. The molecule has 0 fully saturated rings. The van der Waals surface area contributed by atoms with Crippen LogP contribution in [0.3, 0.4) is 0 Å². The number of benzene rings is 1. The highest BCUT2D eigenvalue weighted by molar-refractivity contribution is 7.85. The van der Waals surface area contributed by atoms with Crippen molar-refractivity contribution in [2.24, 2.45) is 0 Å². The molecule has 2 aromatic rings. The summed E-state index contributed by atoms with van der Waals surface area (Å²) in [6.07, 6.45) is 1.21. The fraction of sp³-hybridized carbons (Fsp3) is 0.214. The molecule has 1 N–H and O–H groups in total. The lowest BCUT2D eigenvalue weighted by Crippen LogP contribution is -2.12. The summed E-state index contributed by atoms with van der Waals surface area (Å²) in [6, 6.07) is 10.7. The number of nitrogens with one attached hydrogen (secondary N) is 1. The lowest BCUT2D eigenvalue weighted by atomic mass is 10.2. The Bertz CT molecular complexity index is 662. The van der Waals surface area contributed by atoms with Gasteiger partial charge >= 0.3 is 0 Å². The summed E-state index contributed by atoms with van der Waals surface area (Å²) < 4.78 is 12.0. The Labute approximate surface area is 124 Å². The zero-order valence-corrected chi connectivity index (χ0v) is 12.3. The average molecular weight is 305 g/mol. The van der Waals surface area contributed by atoms with Gasteiger partial charge in [-0.1, -0.05) is 18.2 Å². The first-order valence-electron chi connectivity index (χ1n) is 6.36. The summed E-state index contributed by atoms with van der Waals surface area (Å²) in [5, 5.41) is 13.7. The van der Waals surface area contributed by atoms with Crippen molar-refractivity contribution in [1.82, 2.24) is 4.98 Å². The molecule has 7 heteroatoms. The second kappa shape index (κ2) is 6.94. The first-order chi connectivity index (χ1) is 10.1. The zero-order valence-electron chi connectivity index (χ0n) is 11.5. The smallest absolute Gasteiger partial charge is 0.287 e. The molecule has 110 valence electrons. The second-order valence-electron chi connectivity index (χ2n) is 4.41. The number of pyridine rings is 1. The molecule has 1 aromatic carbocycles. The van der Waals surface area contributed by atoms with Gasteiger partial charge in [0.15, 0.2) is 0 Å². The second-order valence-corrected chi connectivity index (χ2v) is 5.98. The van der Waals surface area contributed by atoms with Crippen molar-refractivity contribution in [2.75, 3.05) is 17.6 Å². The number of nitro groups is 1. The van der Waals surface area contributed by atoms with E-state index in [9.17, 15) is 14.3 Å². The molecule has 0 saturated carbocycles. The van der Waals surface area contributed by atoms with Crippen LogP contribution in [0.25, 0.3) is 0 Å². The topological polar surface area (TPSA) is 85.1 Å². The molecular formula is C14H15N3O3S. The van der Waals surface area contributed by atoms with Crippen LogP contribution in [0.15, 0.2) is 47.5 Å². The minimum absolute atomic E-state index is 0.0362. The van der Waals surface area contributed by atoms with Crippen LogP contribution in [0, 0.1) is 17.0 Å². The van der Waals surface area contributed by atoms with Gasteiger partial charge in [0, 0.05) is 23.3 Å². The van der Waals surface area contributed by atoms with E-state index in [0.29, 0.717) is 23.7 Å². The predicted octanol–water partition coefficient (Wildman–Crippen LogP) is 2.52. The minimum atomic E-state index is -1.07. The molecule has 0 radical (unpaired) electrons. The third-order valence-electron chi connectivity index (χ3n) is 2.86. The summed E-state index contributed by atoms with van der Waals surface area (Å²) in [4.78, 5) is 15.0. The molecule has 0 aliphatic heterocycles. The minimum Gasteiger partial charge on any atom is -0.369 e. The Hall–Kier alpha value is -2.28. The lowest BCUT2D eigenvalue weighted by molar-refractivity contribution is -0.385. The Kier molecular flexibility index (Phi) is 4.99. The van der Waals surface area contributed by atoms with Crippen molar-refractivity contribution < 1.29 is 9.13 Å². The Morgan fingerprint density at radius 1 is 1.33 bits per heavy atom. The van der Waals surface area contributed by atoms with Crippen LogP contribution in [-0.2, 0) is 10.8 Å². The van der Waals surface area contributed by atoms with Gasteiger partial charge in [0.25, 0.3) is 5.69 Å². The maximum absolute atomic E-state index is 12.0. The van der Waals surface area contributed by atoms with Gasteiger partial charge in [-0.2, -0.15) is 0 Å². The van der Waals surface area contributed by atoms with Gasteiger partial charge in [-0.05, 0) is 24.6 Å². The Morgan fingerprint density at radius 2 is 2.05 bits per heavy atom. The summed E-state index contributed by atoms with van der Waals surface area (Å²) >= 11 is 0. The van der Waals surface area contributed by atoms with Crippen molar-refractivity contribution in [3.05, 3.63) is 58.3 Å². The highest BCUT2D eigenvalue weighted by Gasteiger charge is 2.09. The number of rotatable bonds is 6. The number of hydrogen-bond donors (Lipinski definition) is 1. The molecule has 0 amide bonds. The summed E-state index contributed by atoms with van der Waals surface area (Å²) in [6.45, 7) is 2.23. The fourth-order valence-electron chi connectivity index (χ4n) is 1.80. The third kappa shape index (κ3) is 4.09. The highest BCUT2D eigenvalue weighted by atomic mass is 32.2. The monoisotopic (exact) mass is 305 g/mol. The maximum atomic E-state index is 12.0. The van der Waals surface area contributed by atoms with E-state index in [1.54, 1.807) is 6.92 Å². The van der Waals surface area contributed by atoms with E-state index in [0.717, 1.165) is 4.90 Å². The molecule has 1 atom stereocenters. The number of hydrogen-bond acceptors (Lipinski definition) is 5. The van der Waals surface area contributed by atoms with Gasteiger partial charge in [0.05, 0.1) is 15.7 Å². The van der Waals surface area contributed by atoms with Crippen LogP contribution >= 0.6 is 0 Å². The molecule has 1 heterocycles. The molecule has 21 heavy (non-hydrogen) atoms. The van der Waals surface area contributed by atoms with E-state index in [1.807, 2.05) is 30.3 Å². The normalized spacial score (nSPS) is 11.9. The number of aromatic nitrogens is 1. The lowest BCUT2D eigenvalue weighted by Gasteiger charge is -2.08. The van der Waals surface area contributed by atoms with E-state index in [4.69, 9.17) is 0 Å². The van der Waals surface area contributed by atoms with Crippen molar-refractivity contribution in [3.63, 3.8) is 0 Å². The van der Waals surface area contributed by atoms with Gasteiger partial charge in [-0.3, -0.25) is 14.3 Å². The molecular weight excluding hydrogens is 290 g/mol. The molecule has 0 aliphatic rings. The Balaban J connectivity index is 1.92. The quantitative estimate of drug-likeness (QED) is 0.654. The van der Waals surface area contributed by atoms with Crippen molar-refractivity contribution in [3.8, 4) is 0 Å². The zero-order chi connectivity index (χ0) is 15.2. The van der Waals surface area contributed by atoms with Gasteiger partial charge in [0.1, 0.15) is 12.0 Å². The van der Waals surface area contributed by atoms with E-state index < -0.39 is 15.7 Å². The average Bonchev–Trinajstić information content (AvgIpc) is 2.49. The summed E-state index contributed by atoms with van der Waals surface area (Å²) in [5.41, 5.74) is 0.653. The van der Waals surface area contributed by atoms with Crippen molar-refractivity contribution in [1.29, 1.82) is 0 Å². The fourth-order valence-corrected chi connectivity index (χ4v) is 2.78. The van der Waals surface area contributed by atoms with Crippen LogP contribution in [-0.4, -0.2) is 26.4 Å². The molecule has 6 nitrogen and oxygen atoms in total. The van der Waals surface area contributed by atoms with Crippen LogP contribution in [0.4, 0.5) is 11.5 Å². The molecule has 0 aliphatic carbocycles. The third-order valence-corrected chi connectivity index (χ3v) is 4.23. The molecule has 0 bridgehead atoms. The number of aryl methyl sites for hydroxylation is 1. The van der Waals surface area contributed by atoms with Gasteiger partial charge in [0.2, 0.25) is 0 Å². The Morgan fingerprint density at radius 3 is 2.67 bits per heavy atom. The van der Waals surface area contributed by atoms with Crippen molar-refractivity contribution in [2.45, 2.75) is 11.8 Å². The highest BCUT2D eigenvalue weighted by Crippen LogP contribution is 2.17. The van der Waals surface area contributed by atoms with Gasteiger partial charge in [-0.15, -0.1) is 0 Å². The van der Waals surface area contributed by atoms with E-state index in [1.165, 1.54) is 12.3 Å². The summed E-state index contributed by atoms with van der Waals surface area (Å²) in [7, 11) is -1.07. The van der Waals surface area contributed by atoms with Crippen LogP contribution in [0.1, 0.15) is 5.56 Å². The van der Waals surface area contributed by atoms with Gasteiger partial charge in [-0.25, -0.2) is 4.98 Å². The maximum Gasteiger partial charge on any atom is 0.287 e. The first kappa shape index (κ1) is 15.1. The predicted molar refractivity (Wildman–Crippen MR) is 81.8 cm³/mol. The molecule has 0 saturated heterocycles. The van der Waals surface area contributed by atoms with Crippen LogP contribution in [0.2, 0.25) is 0 Å². The van der Waals surface area contributed by atoms with Crippen molar-refractivity contribution >= 4 is 22.3 Å². The van der Waals surface area contributed by atoms with E-state index >= 15 is 0 Å². The standard InChI is InChI=1S/C14H15N3O3S/c1-11-9-12(17(18)19)10-16-14(11)15-7-8-21(20)13-5-3-2-4-6-13/h2-6,9-10H,7-8H2,1H3,(H,15,16)/t21-/m0/s1. The van der Waals surface area contributed by atoms with Gasteiger partial charge < -0.3 is 5.32 Å². The molecule has 2 rings (SSSR count).